The van der Waals surface area contributed by atoms with Crippen LogP contribution in [-0.4, -0.2) is 38.3 Å². The second kappa shape index (κ2) is 9.45. The second-order valence-corrected chi connectivity index (χ2v) is 5.17. The van der Waals surface area contributed by atoms with Crippen LogP contribution >= 0.6 is 0 Å². The lowest BCUT2D eigenvalue weighted by Gasteiger charge is -2.19. The van der Waals surface area contributed by atoms with Crippen molar-refractivity contribution in [2.45, 2.75) is 39.2 Å². The topological polar surface area (TPSA) is 36.4 Å². The van der Waals surface area contributed by atoms with E-state index in [1.807, 2.05) is 13.0 Å². The Hall–Kier alpha value is -1.49. The average Bonchev–Trinajstić information content (AvgIpc) is 2.45. The van der Waals surface area contributed by atoms with E-state index in [2.05, 4.69) is 21.7 Å². The molecule has 0 aromatic rings. The molecule has 0 saturated carbocycles. The van der Waals surface area contributed by atoms with Gasteiger partial charge in [0.15, 0.2) is 0 Å². The van der Waals surface area contributed by atoms with Crippen molar-refractivity contribution in [2.24, 2.45) is 4.99 Å². The first kappa shape index (κ1) is 17.6. The molecule has 0 fully saturated rings. The van der Waals surface area contributed by atoms with Crippen molar-refractivity contribution in [1.82, 2.24) is 10.6 Å². The van der Waals surface area contributed by atoms with Crippen LogP contribution < -0.4 is 10.6 Å². The van der Waals surface area contributed by atoms with Gasteiger partial charge in [-0.3, -0.25) is 4.99 Å². The first-order chi connectivity index (χ1) is 10.0. The maximum atomic E-state index is 12.9. The van der Waals surface area contributed by atoms with E-state index in [-0.39, 0.29) is 18.2 Å². The minimum absolute atomic E-state index is 0.168. The molecule has 0 amide bonds. The standard InChI is InChI=1S/C16H25F2N3/c1-12-7-10-21-14(6-4-5-13(2)19-3)8-9-20-11-15(12)16(17)18/h4-5,7,10,14,16,20-21H,6,8-9,11H2,1-3H3/b5-4-,10-7-,15-12+,19-13?. The van der Waals surface area contributed by atoms with Gasteiger partial charge in [0.25, 0.3) is 6.43 Å². The van der Waals surface area contributed by atoms with Gasteiger partial charge in [-0.05, 0) is 57.2 Å². The van der Waals surface area contributed by atoms with E-state index in [4.69, 9.17) is 0 Å². The Morgan fingerprint density at radius 1 is 1.52 bits per heavy atom. The summed E-state index contributed by atoms with van der Waals surface area (Å²) < 4.78 is 25.8. The quantitative estimate of drug-likeness (QED) is 0.782. The van der Waals surface area contributed by atoms with Gasteiger partial charge < -0.3 is 10.6 Å². The first-order valence-corrected chi connectivity index (χ1v) is 7.25. The molecule has 3 nitrogen and oxygen atoms in total. The van der Waals surface area contributed by atoms with Crippen molar-refractivity contribution < 1.29 is 8.78 Å². The molecule has 0 bridgehead atoms. The van der Waals surface area contributed by atoms with E-state index in [9.17, 15) is 8.78 Å². The monoisotopic (exact) mass is 297 g/mol. The van der Waals surface area contributed by atoms with Crippen LogP contribution in [0.2, 0.25) is 0 Å². The lowest BCUT2D eigenvalue weighted by molar-refractivity contribution is 0.185. The smallest absolute Gasteiger partial charge is 0.261 e. The number of hydrogen-bond acceptors (Lipinski definition) is 3. The molecular weight excluding hydrogens is 272 g/mol. The van der Waals surface area contributed by atoms with Crippen molar-refractivity contribution >= 4 is 5.71 Å². The van der Waals surface area contributed by atoms with E-state index in [1.165, 1.54) is 0 Å². The molecule has 1 aliphatic heterocycles. The van der Waals surface area contributed by atoms with E-state index >= 15 is 0 Å². The third kappa shape index (κ3) is 6.67. The van der Waals surface area contributed by atoms with E-state index in [0.717, 1.165) is 18.6 Å². The SMILES string of the molecule is CN=C(C)/C=C\CC1CCNC/C(C(F)F)=C(C)\C=C/N1. The Kier molecular flexibility index (Phi) is 7.90. The van der Waals surface area contributed by atoms with Gasteiger partial charge in [-0.15, -0.1) is 0 Å². The summed E-state index contributed by atoms with van der Waals surface area (Å²) in [5, 5.41) is 6.38. The maximum absolute atomic E-state index is 12.9. The third-order valence-corrected chi connectivity index (χ3v) is 3.55. The van der Waals surface area contributed by atoms with Crippen LogP contribution in [0.4, 0.5) is 8.78 Å². The number of nitrogens with zero attached hydrogens (tertiary/aromatic N) is 1. The zero-order chi connectivity index (χ0) is 15.7. The first-order valence-electron chi connectivity index (χ1n) is 7.25. The largest absolute Gasteiger partial charge is 0.388 e. The van der Waals surface area contributed by atoms with Crippen molar-refractivity contribution in [3.63, 3.8) is 0 Å². The van der Waals surface area contributed by atoms with Crippen LogP contribution in [0.15, 0.2) is 40.6 Å². The van der Waals surface area contributed by atoms with Crippen molar-refractivity contribution in [1.29, 1.82) is 0 Å². The van der Waals surface area contributed by atoms with Crippen LogP contribution in [0, 0.1) is 0 Å². The van der Waals surface area contributed by atoms with E-state index in [0.29, 0.717) is 12.1 Å². The molecule has 118 valence electrons. The number of alkyl halides is 2. The molecule has 1 unspecified atom stereocenters. The minimum atomic E-state index is -2.41. The van der Waals surface area contributed by atoms with Gasteiger partial charge in [0.2, 0.25) is 0 Å². The number of halogens is 2. The predicted octanol–water partition coefficient (Wildman–Crippen LogP) is 3.07. The van der Waals surface area contributed by atoms with Gasteiger partial charge >= 0.3 is 0 Å². The van der Waals surface area contributed by atoms with Gasteiger partial charge in [0.05, 0.1) is 0 Å². The number of rotatable bonds is 4. The number of allylic oxidation sites excluding steroid dienone is 3. The normalized spacial score (nSPS) is 27.0. The van der Waals surface area contributed by atoms with Crippen LogP contribution in [0.5, 0.6) is 0 Å². The Morgan fingerprint density at radius 2 is 2.29 bits per heavy atom. The van der Waals surface area contributed by atoms with Crippen LogP contribution in [0.3, 0.4) is 0 Å². The Balaban J connectivity index is 2.65. The predicted molar refractivity (Wildman–Crippen MR) is 85.0 cm³/mol. The van der Waals surface area contributed by atoms with Gasteiger partial charge in [-0.1, -0.05) is 6.08 Å². The summed E-state index contributed by atoms with van der Waals surface area (Å²) in [6.07, 6.45) is 6.95. The second-order valence-electron chi connectivity index (χ2n) is 5.17. The summed E-state index contributed by atoms with van der Waals surface area (Å²) >= 11 is 0. The Morgan fingerprint density at radius 3 is 2.95 bits per heavy atom. The van der Waals surface area contributed by atoms with Crippen LogP contribution in [-0.2, 0) is 0 Å². The van der Waals surface area contributed by atoms with Gasteiger partial charge in [0, 0.05) is 30.9 Å². The molecule has 0 aromatic carbocycles. The van der Waals surface area contributed by atoms with Crippen LogP contribution in [0.25, 0.3) is 0 Å². The number of aliphatic imine (C=N–C) groups is 1. The van der Waals surface area contributed by atoms with Gasteiger partial charge in [-0.2, -0.15) is 0 Å². The molecule has 5 heteroatoms. The molecule has 0 saturated heterocycles. The zero-order valence-electron chi connectivity index (χ0n) is 13.0. The molecule has 21 heavy (non-hydrogen) atoms. The molecule has 0 aliphatic carbocycles. The third-order valence-electron chi connectivity index (χ3n) is 3.55. The van der Waals surface area contributed by atoms with Crippen molar-refractivity contribution in [3.05, 3.63) is 35.6 Å². The summed E-state index contributed by atoms with van der Waals surface area (Å²) in [6.45, 7) is 4.64. The zero-order valence-corrected chi connectivity index (χ0v) is 13.0. The Labute approximate surface area is 125 Å². The fourth-order valence-electron chi connectivity index (χ4n) is 2.05. The maximum Gasteiger partial charge on any atom is 0.261 e. The minimum Gasteiger partial charge on any atom is -0.388 e. The molecule has 1 rings (SSSR count). The fourth-order valence-corrected chi connectivity index (χ4v) is 2.05. The van der Waals surface area contributed by atoms with E-state index < -0.39 is 6.43 Å². The summed E-state index contributed by atoms with van der Waals surface area (Å²) in [4.78, 5) is 4.07. The van der Waals surface area contributed by atoms with Gasteiger partial charge in [-0.25, -0.2) is 8.78 Å². The number of hydrogen-bond donors (Lipinski definition) is 2. The lowest BCUT2D eigenvalue weighted by atomic mass is 10.1. The summed E-state index contributed by atoms with van der Waals surface area (Å²) in [5.41, 5.74) is 1.78. The molecule has 2 N–H and O–H groups in total. The number of nitrogens with one attached hydrogen (secondary N) is 2. The highest BCUT2D eigenvalue weighted by Crippen LogP contribution is 2.15. The highest BCUT2D eigenvalue weighted by molar-refractivity contribution is 5.92. The molecule has 1 atom stereocenters. The Bertz CT molecular complexity index is 437. The highest BCUT2D eigenvalue weighted by atomic mass is 19.3. The molecule has 0 radical (unpaired) electrons. The average molecular weight is 297 g/mol. The fraction of sp³-hybridized carbons (Fsp3) is 0.562. The van der Waals surface area contributed by atoms with Crippen LogP contribution in [0.1, 0.15) is 26.7 Å². The van der Waals surface area contributed by atoms with Gasteiger partial charge in [0.1, 0.15) is 0 Å². The van der Waals surface area contributed by atoms with Crippen molar-refractivity contribution in [3.8, 4) is 0 Å². The molecule has 0 aromatic heterocycles. The van der Waals surface area contributed by atoms with Crippen molar-refractivity contribution in [2.75, 3.05) is 20.1 Å². The molecular formula is C16H25F2N3. The molecule has 1 aliphatic rings. The molecule has 0 spiro atoms. The van der Waals surface area contributed by atoms with E-state index in [1.54, 1.807) is 26.2 Å². The highest BCUT2D eigenvalue weighted by Gasteiger charge is 2.14. The summed E-state index contributed by atoms with van der Waals surface area (Å²) in [5.74, 6) is 0. The lowest BCUT2D eigenvalue weighted by Crippen LogP contribution is -2.31. The summed E-state index contributed by atoms with van der Waals surface area (Å²) in [6, 6.07) is 0.288. The summed E-state index contributed by atoms with van der Waals surface area (Å²) in [7, 11) is 1.77. The molecule has 1 heterocycles.